The van der Waals surface area contributed by atoms with Gasteiger partial charge in [-0.25, -0.2) is 9.78 Å². The van der Waals surface area contributed by atoms with Crippen LogP contribution in [0.15, 0.2) is 48.4 Å². The molecule has 8 heteroatoms. The lowest BCUT2D eigenvalue weighted by molar-refractivity contribution is -0.134. The Morgan fingerprint density at radius 2 is 1.60 bits per heavy atom. The van der Waals surface area contributed by atoms with E-state index in [1.165, 1.54) is 32.6 Å². The Bertz CT molecular complexity index is 836. The van der Waals surface area contributed by atoms with Crippen LogP contribution in [0.2, 0.25) is 0 Å². The van der Waals surface area contributed by atoms with Gasteiger partial charge in [-0.3, -0.25) is 24.4 Å². The van der Waals surface area contributed by atoms with Crippen molar-refractivity contribution in [2.75, 3.05) is 14.1 Å². The molecule has 1 aliphatic heterocycles. The van der Waals surface area contributed by atoms with E-state index in [1.807, 2.05) is 0 Å². The quantitative estimate of drug-likeness (QED) is 0.625. The van der Waals surface area contributed by atoms with Gasteiger partial charge in [0.2, 0.25) is 5.88 Å². The van der Waals surface area contributed by atoms with Gasteiger partial charge >= 0.3 is 6.03 Å². The summed E-state index contributed by atoms with van der Waals surface area (Å²) in [6, 6.07) is 6.08. The van der Waals surface area contributed by atoms with Crippen molar-refractivity contribution in [3.8, 4) is 11.6 Å². The topological polar surface area (TPSA) is 92.7 Å². The highest BCUT2D eigenvalue weighted by Gasteiger charge is 2.37. The lowest BCUT2D eigenvalue weighted by Crippen LogP contribution is -2.52. The van der Waals surface area contributed by atoms with Gasteiger partial charge in [-0.2, -0.15) is 0 Å². The maximum atomic E-state index is 12.2. The van der Waals surface area contributed by atoms with Gasteiger partial charge in [0.1, 0.15) is 11.3 Å². The lowest BCUT2D eigenvalue weighted by atomic mass is 10.1. The van der Waals surface area contributed by atoms with Gasteiger partial charge in [0.25, 0.3) is 11.8 Å². The van der Waals surface area contributed by atoms with Gasteiger partial charge in [0.15, 0.2) is 0 Å². The van der Waals surface area contributed by atoms with Crippen molar-refractivity contribution < 1.29 is 19.1 Å². The van der Waals surface area contributed by atoms with E-state index in [4.69, 9.17) is 4.74 Å². The highest BCUT2D eigenvalue weighted by atomic mass is 16.5. The number of benzene rings is 1. The molecule has 1 fully saturated rings. The number of carbonyl (C=O) groups is 3. The average Bonchev–Trinajstić information content (AvgIpc) is 2.64. The summed E-state index contributed by atoms with van der Waals surface area (Å²) in [6.07, 6.45) is 5.98. The third kappa shape index (κ3) is 3.23. The van der Waals surface area contributed by atoms with Crippen molar-refractivity contribution >= 4 is 23.9 Å². The van der Waals surface area contributed by atoms with Crippen molar-refractivity contribution in [2.24, 2.45) is 0 Å². The largest absolute Gasteiger partial charge is 0.438 e. The van der Waals surface area contributed by atoms with Gasteiger partial charge in [0, 0.05) is 26.5 Å². The van der Waals surface area contributed by atoms with E-state index in [0.29, 0.717) is 17.2 Å². The molecule has 0 saturated carbocycles. The summed E-state index contributed by atoms with van der Waals surface area (Å²) in [6.45, 7) is 0. The van der Waals surface area contributed by atoms with E-state index < -0.39 is 17.8 Å². The fourth-order valence-electron chi connectivity index (χ4n) is 2.23. The standard InChI is InChI=1S/C17H14N4O4/c1-20-15(22)13(16(23)21(2)17(20)24)9-11-3-5-12(6-4-11)25-14-10-18-7-8-19-14/h3-10H,1-2H3. The smallest absolute Gasteiger partial charge is 0.333 e. The van der Waals surface area contributed by atoms with E-state index in [9.17, 15) is 14.4 Å². The van der Waals surface area contributed by atoms with E-state index in [-0.39, 0.29) is 5.57 Å². The molecule has 2 heterocycles. The zero-order valence-corrected chi connectivity index (χ0v) is 13.5. The molecular formula is C17H14N4O4. The highest BCUT2D eigenvalue weighted by Crippen LogP contribution is 2.22. The van der Waals surface area contributed by atoms with Crippen molar-refractivity contribution in [1.29, 1.82) is 0 Å². The predicted molar refractivity (Wildman–Crippen MR) is 87.5 cm³/mol. The zero-order chi connectivity index (χ0) is 18.0. The summed E-state index contributed by atoms with van der Waals surface area (Å²) >= 11 is 0. The number of carbonyl (C=O) groups excluding carboxylic acids is 3. The van der Waals surface area contributed by atoms with Crippen LogP contribution in [0.3, 0.4) is 0 Å². The number of imide groups is 2. The van der Waals surface area contributed by atoms with Gasteiger partial charge in [0.05, 0.1) is 6.20 Å². The highest BCUT2D eigenvalue weighted by molar-refractivity contribution is 6.30. The van der Waals surface area contributed by atoms with Crippen molar-refractivity contribution in [2.45, 2.75) is 0 Å². The molecule has 3 rings (SSSR count). The molecule has 1 aromatic carbocycles. The lowest BCUT2D eigenvalue weighted by Gasteiger charge is -2.28. The molecule has 1 saturated heterocycles. The molecule has 25 heavy (non-hydrogen) atoms. The van der Waals surface area contributed by atoms with Gasteiger partial charge in [-0.15, -0.1) is 0 Å². The van der Waals surface area contributed by atoms with Crippen LogP contribution in [0.5, 0.6) is 11.6 Å². The zero-order valence-electron chi connectivity index (χ0n) is 13.5. The number of barbiturate groups is 1. The second kappa shape index (κ2) is 6.52. The molecule has 0 N–H and O–H groups in total. The first-order chi connectivity index (χ1) is 12.0. The molecule has 0 bridgehead atoms. The summed E-state index contributed by atoms with van der Waals surface area (Å²) in [4.78, 5) is 45.7. The molecule has 0 atom stereocenters. The monoisotopic (exact) mass is 338 g/mol. The molecular weight excluding hydrogens is 324 g/mol. The summed E-state index contributed by atoms with van der Waals surface area (Å²) in [7, 11) is 2.67. The maximum absolute atomic E-state index is 12.2. The average molecular weight is 338 g/mol. The number of likely N-dealkylation sites (N-methyl/N-ethyl adjacent to an activating group) is 2. The fraction of sp³-hybridized carbons (Fsp3) is 0.118. The first kappa shape index (κ1) is 16.3. The van der Waals surface area contributed by atoms with E-state index in [0.717, 1.165) is 9.80 Å². The summed E-state index contributed by atoms with van der Waals surface area (Å²) in [5.74, 6) is -0.373. The molecule has 126 valence electrons. The first-order valence-corrected chi connectivity index (χ1v) is 7.33. The predicted octanol–water partition coefficient (Wildman–Crippen LogP) is 1.70. The van der Waals surface area contributed by atoms with Crippen LogP contribution < -0.4 is 4.74 Å². The van der Waals surface area contributed by atoms with Crippen LogP contribution >= 0.6 is 0 Å². The number of ether oxygens (including phenoxy) is 1. The molecule has 0 radical (unpaired) electrons. The molecule has 1 aromatic heterocycles. The Kier molecular flexibility index (Phi) is 4.25. The van der Waals surface area contributed by atoms with Crippen LogP contribution in [0.1, 0.15) is 5.56 Å². The minimum atomic E-state index is -0.653. The number of hydrogen-bond acceptors (Lipinski definition) is 6. The number of amides is 4. The fourth-order valence-corrected chi connectivity index (χ4v) is 2.23. The van der Waals surface area contributed by atoms with Crippen molar-refractivity contribution in [3.63, 3.8) is 0 Å². The maximum Gasteiger partial charge on any atom is 0.333 e. The minimum absolute atomic E-state index is 0.0767. The molecule has 0 aliphatic carbocycles. The molecule has 0 spiro atoms. The second-order valence-corrected chi connectivity index (χ2v) is 5.28. The number of hydrogen-bond donors (Lipinski definition) is 0. The van der Waals surface area contributed by atoms with E-state index in [2.05, 4.69) is 9.97 Å². The van der Waals surface area contributed by atoms with Crippen LogP contribution in [-0.2, 0) is 9.59 Å². The van der Waals surface area contributed by atoms with E-state index >= 15 is 0 Å². The van der Waals surface area contributed by atoms with Crippen LogP contribution in [0.4, 0.5) is 4.79 Å². The van der Waals surface area contributed by atoms with Crippen LogP contribution in [-0.4, -0.2) is 51.7 Å². The Hall–Kier alpha value is -3.55. The molecule has 8 nitrogen and oxygen atoms in total. The second-order valence-electron chi connectivity index (χ2n) is 5.28. The Labute approximate surface area is 143 Å². The van der Waals surface area contributed by atoms with Crippen molar-refractivity contribution in [3.05, 3.63) is 54.0 Å². The third-order valence-electron chi connectivity index (χ3n) is 3.60. The minimum Gasteiger partial charge on any atom is -0.438 e. The van der Waals surface area contributed by atoms with Crippen LogP contribution in [0, 0.1) is 0 Å². The van der Waals surface area contributed by atoms with Gasteiger partial charge in [-0.1, -0.05) is 12.1 Å². The number of urea groups is 1. The van der Waals surface area contributed by atoms with Gasteiger partial charge < -0.3 is 4.74 Å². The van der Waals surface area contributed by atoms with Crippen LogP contribution in [0.25, 0.3) is 6.08 Å². The SMILES string of the molecule is CN1C(=O)C(=Cc2ccc(Oc3cnccn3)cc2)C(=O)N(C)C1=O. The summed E-state index contributed by atoms with van der Waals surface area (Å²) in [5.41, 5.74) is 0.548. The van der Waals surface area contributed by atoms with Crippen molar-refractivity contribution in [1.82, 2.24) is 19.8 Å². The first-order valence-electron chi connectivity index (χ1n) is 7.33. The Morgan fingerprint density at radius 1 is 0.960 bits per heavy atom. The normalized spacial score (nSPS) is 14.8. The summed E-state index contributed by atoms with van der Waals surface area (Å²) < 4.78 is 5.52. The Morgan fingerprint density at radius 3 is 2.16 bits per heavy atom. The number of nitrogens with zero attached hydrogens (tertiary/aromatic N) is 4. The van der Waals surface area contributed by atoms with Gasteiger partial charge in [-0.05, 0) is 23.8 Å². The third-order valence-corrected chi connectivity index (χ3v) is 3.60. The molecule has 4 amide bonds. The Balaban J connectivity index is 1.82. The summed E-state index contributed by atoms with van der Waals surface area (Å²) in [5, 5.41) is 0. The van der Waals surface area contributed by atoms with E-state index in [1.54, 1.807) is 30.5 Å². The number of rotatable bonds is 3. The molecule has 1 aliphatic rings. The number of aromatic nitrogens is 2. The molecule has 0 unspecified atom stereocenters. The molecule has 2 aromatic rings.